The normalized spacial score (nSPS) is 14.0. The molecule has 0 bridgehead atoms. The fourth-order valence-electron chi connectivity index (χ4n) is 3.41. The van der Waals surface area contributed by atoms with Crippen LogP contribution >= 0.6 is 0 Å². The maximum Gasteiger partial charge on any atom is 0.270 e. The molecule has 6 heteroatoms. The van der Waals surface area contributed by atoms with Crippen LogP contribution in [0.4, 0.5) is 0 Å². The highest BCUT2D eigenvalue weighted by atomic mass is 16.5. The molecule has 0 aliphatic carbocycles. The number of carbonyl (C=O) groups excluding carboxylic acids is 1. The van der Waals surface area contributed by atoms with Crippen molar-refractivity contribution in [2.24, 2.45) is 7.05 Å². The summed E-state index contributed by atoms with van der Waals surface area (Å²) in [4.78, 5) is 22.6. The number of hydrogen-bond donors (Lipinski definition) is 1. The zero-order valence-electron chi connectivity index (χ0n) is 14.1. The van der Waals surface area contributed by atoms with Crippen LogP contribution in [0.5, 0.6) is 5.75 Å². The van der Waals surface area contributed by atoms with Crippen molar-refractivity contribution in [2.45, 2.75) is 19.9 Å². The molecule has 1 aliphatic rings. The summed E-state index contributed by atoms with van der Waals surface area (Å²) in [5, 5.41) is 1.04. The zero-order valence-corrected chi connectivity index (χ0v) is 14.1. The SMILES string of the molecule is COc1ccc2cc(C(=O)N3CCc4nc(C)[nH]c4C3)n(C)c2c1. The Morgan fingerprint density at radius 1 is 1.33 bits per heavy atom. The van der Waals surface area contributed by atoms with Gasteiger partial charge in [0.05, 0.1) is 30.6 Å². The molecule has 1 aromatic carbocycles. The van der Waals surface area contributed by atoms with Crippen molar-refractivity contribution >= 4 is 16.8 Å². The summed E-state index contributed by atoms with van der Waals surface area (Å²) >= 11 is 0. The fraction of sp³-hybridized carbons (Fsp3) is 0.333. The highest BCUT2D eigenvalue weighted by Crippen LogP contribution is 2.26. The van der Waals surface area contributed by atoms with Crippen LogP contribution < -0.4 is 4.74 Å². The van der Waals surface area contributed by atoms with Gasteiger partial charge in [0, 0.05) is 31.5 Å². The molecule has 4 rings (SSSR count). The molecule has 0 atom stereocenters. The molecule has 1 N–H and O–H groups in total. The predicted octanol–water partition coefficient (Wildman–Crippen LogP) is 2.42. The van der Waals surface area contributed by atoms with Gasteiger partial charge in [-0.2, -0.15) is 0 Å². The number of benzene rings is 1. The number of aryl methyl sites for hydroxylation is 2. The van der Waals surface area contributed by atoms with Crippen molar-refractivity contribution in [1.82, 2.24) is 19.4 Å². The number of imidazole rings is 1. The minimum absolute atomic E-state index is 0.0468. The van der Waals surface area contributed by atoms with Gasteiger partial charge in [-0.15, -0.1) is 0 Å². The first kappa shape index (κ1) is 14.8. The van der Waals surface area contributed by atoms with Crippen LogP contribution in [-0.4, -0.2) is 39.0 Å². The number of hydrogen-bond acceptors (Lipinski definition) is 3. The second kappa shape index (κ2) is 5.40. The van der Waals surface area contributed by atoms with Crippen LogP contribution in [0.15, 0.2) is 24.3 Å². The van der Waals surface area contributed by atoms with Crippen molar-refractivity contribution in [1.29, 1.82) is 0 Å². The lowest BCUT2D eigenvalue weighted by Gasteiger charge is -2.26. The first-order chi connectivity index (χ1) is 11.6. The van der Waals surface area contributed by atoms with Crippen LogP contribution in [0.1, 0.15) is 27.7 Å². The smallest absolute Gasteiger partial charge is 0.270 e. The van der Waals surface area contributed by atoms with E-state index in [9.17, 15) is 4.79 Å². The van der Waals surface area contributed by atoms with Crippen LogP contribution in [0.25, 0.3) is 10.9 Å². The number of aromatic nitrogens is 3. The number of H-pyrrole nitrogens is 1. The molecule has 0 radical (unpaired) electrons. The van der Waals surface area contributed by atoms with Crippen molar-refractivity contribution in [3.05, 3.63) is 47.2 Å². The number of ether oxygens (including phenoxy) is 1. The Morgan fingerprint density at radius 2 is 2.17 bits per heavy atom. The summed E-state index contributed by atoms with van der Waals surface area (Å²) in [6, 6.07) is 7.80. The van der Waals surface area contributed by atoms with E-state index in [4.69, 9.17) is 4.74 Å². The summed E-state index contributed by atoms with van der Waals surface area (Å²) in [6.07, 6.45) is 0.795. The standard InChI is InChI=1S/C18H20N4O2/c1-11-19-14-6-7-22(10-15(14)20-11)18(23)17-8-12-4-5-13(24-3)9-16(12)21(17)2/h4-5,8-9H,6-7,10H2,1-3H3,(H,19,20). The van der Waals surface area contributed by atoms with E-state index in [1.165, 1.54) is 0 Å². The largest absolute Gasteiger partial charge is 0.497 e. The molecule has 0 spiro atoms. The Kier molecular flexibility index (Phi) is 3.33. The monoisotopic (exact) mass is 324 g/mol. The van der Waals surface area contributed by atoms with Gasteiger partial charge in [0.2, 0.25) is 0 Å². The fourth-order valence-corrected chi connectivity index (χ4v) is 3.41. The molecule has 0 saturated heterocycles. The molecular formula is C18H20N4O2. The predicted molar refractivity (Wildman–Crippen MR) is 91.2 cm³/mol. The van der Waals surface area contributed by atoms with Gasteiger partial charge >= 0.3 is 0 Å². The van der Waals surface area contributed by atoms with Crippen LogP contribution in [0.3, 0.4) is 0 Å². The van der Waals surface area contributed by atoms with E-state index in [1.54, 1.807) is 7.11 Å². The van der Waals surface area contributed by atoms with Crippen molar-refractivity contribution in [3.63, 3.8) is 0 Å². The molecule has 124 valence electrons. The molecule has 0 unspecified atom stereocenters. The lowest BCUT2D eigenvalue weighted by molar-refractivity contribution is 0.0722. The summed E-state index contributed by atoms with van der Waals surface area (Å²) in [5.74, 6) is 1.75. The summed E-state index contributed by atoms with van der Waals surface area (Å²) in [5.41, 5.74) is 3.82. The Labute approximate surface area is 140 Å². The van der Waals surface area contributed by atoms with Gasteiger partial charge in [-0.05, 0) is 25.1 Å². The highest BCUT2D eigenvalue weighted by Gasteiger charge is 2.26. The lowest BCUT2D eigenvalue weighted by atomic mass is 10.1. The van der Waals surface area contributed by atoms with E-state index in [0.717, 1.165) is 40.3 Å². The molecule has 6 nitrogen and oxygen atoms in total. The number of methoxy groups -OCH3 is 1. The third-order valence-electron chi connectivity index (χ3n) is 4.71. The Bertz CT molecular complexity index is 938. The molecule has 0 fully saturated rings. The summed E-state index contributed by atoms with van der Waals surface area (Å²) < 4.78 is 7.22. The average Bonchev–Trinajstić information content (AvgIpc) is 3.12. The number of rotatable bonds is 2. The highest BCUT2D eigenvalue weighted by molar-refractivity contribution is 5.99. The maximum atomic E-state index is 13.0. The quantitative estimate of drug-likeness (QED) is 0.787. The molecule has 3 aromatic rings. The van der Waals surface area contributed by atoms with Crippen molar-refractivity contribution in [2.75, 3.05) is 13.7 Å². The Hall–Kier alpha value is -2.76. The second-order valence-electron chi connectivity index (χ2n) is 6.24. The Morgan fingerprint density at radius 3 is 2.96 bits per heavy atom. The second-order valence-corrected chi connectivity index (χ2v) is 6.24. The molecule has 1 aliphatic heterocycles. The molecule has 24 heavy (non-hydrogen) atoms. The van der Waals surface area contributed by atoms with Gasteiger partial charge in [-0.1, -0.05) is 0 Å². The van der Waals surface area contributed by atoms with Crippen molar-refractivity contribution in [3.8, 4) is 5.75 Å². The first-order valence-electron chi connectivity index (χ1n) is 8.04. The van der Waals surface area contributed by atoms with Gasteiger partial charge < -0.3 is 19.2 Å². The van der Waals surface area contributed by atoms with E-state index in [1.807, 2.05) is 47.7 Å². The number of carbonyl (C=O) groups is 1. The van der Waals surface area contributed by atoms with E-state index >= 15 is 0 Å². The van der Waals surface area contributed by atoms with Gasteiger partial charge in [0.1, 0.15) is 17.3 Å². The summed E-state index contributed by atoms with van der Waals surface area (Å²) in [7, 11) is 3.57. The minimum atomic E-state index is 0.0468. The Balaban J connectivity index is 1.67. The molecule has 3 heterocycles. The average molecular weight is 324 g/mol. The zero-order chi connectivity index (χ0) is 16.8. The number of fused-ring (bicyclic) bond motifs is 2. The number of nitrogens with zero attached hydrogens (tertiary/aromatic N) is 3. The number of aromatic amines is 1. The molecular weight excluding hydrogens is 304 g/mol. The van der Waals surface area contributed by atoms with E-state index in [-0.39, 0.29) is 5.91 Å². The maximum absolute atomic E-state index is 13.0. The van der Waals surface area contributed by atoms with Gasteiger partial charge in [-0.25, -0.2) is 4.98 Å². The van der Waals surface area contributed by atoms with Gasteiger partial charge in [0.15, 0.2) is 0 Å². The molecule has 2 aromatic heterocycles. The third-order valence-corrected chi connectivity index (χ3v) is 4.71. The van der Waals surface area contributed by atoms with Crippen molar-refractivity contribution < 1.29 is 9.53 Å². The summed E-state index contributed by atoms with van der Waals surface area (Å²) in [6.45, 7) is 3.22. The van der Waals surface area contributed by atoms with E-state index in [0.29, 0.717) is 18.8 Å². The van der Waals surface area contributed by atoms with Crippen LogP contribution in [-0.2, 0) is 20.0 Å². The van der Waals surface area contributed by atoms with Crippen LogP contribution in [0.2, 0.25) is 0 Å². The third kappa shape index (κ3) is 2.26. The van der Waals surface area contributed by atoms with Crippen LogP contribution in [0, 0.1) is 6.92 Å². The lowest BCUT2D eigenvalue weighted by Crippen LogP contribution is -2.36. The molecule has 1 amide bonds. The minimum Gasteiger partial charge on any atom is -0.497 e. The van der Waals surface area contributed by atoms with Gasteiger partial charge in [-0.3, -0.25) is 4.79 Å². The number of nitrogens with one attached hydrogen (secondary N) is 1. The molecule has 0 saturated carbocycles. The van der Waals surface area contributed by atoms with E-state index in [2.05, 4.69) is 9.97 Å². The van der Waals surface area contributed by atoms with Gasteiger partial charge in [0.25, 0.3) is 5.91 Å². The number of amides is 1. The first-order valence-corrected chi connectivity index (χ1v) is 8.04. The topological polar surface area (TPSA) is 63.1 Å². The van der Waals surface area contributed by atoms with E-state index < -0.39 is 0 Å².